The third-order valence-corrected chi connectivity index (χ3v) is 2.60. The molecular formula is C9H10Cl3N. The second kappa shape index (κ2) is 5.04. The first-order chi connectivity index (χ1) is 6.15. The van der Waals surface area contributed by atoms with Crippen LogP contribution in [0.5, 0.6) is 0 Å². The average molecular weight is 239 g/mol. The van der Waals surface area contributed by atoms with Gasteiger partial charge in [0.05, 0.1) is 0 Å². The molecule has 13 heavy (non-hydrogen) atoms. The zero-order valence-electron chi connectivity index (χ0n) is 7.28. The first-order valence-corrected chi connectivity index (χ1v) is 5.31. The van der Waals surface area contributed by atoms with Crippen molar-refractivity contribution in [3.05, 3.63) is 27.5 Å². The first kappa shape index (κ1) is 11.1. The van der Waals surface area contributed by atoms with E-state index in [1.807, 2.05) is 13.0 Å². The van der Waals surface area contributed by atoms with E-state index < -0.39 is 0 Å². The van der Waals surface area contributed by atoms with Crippen LogP contribution in [0.4, 0.5) is 0 Å². The minimum absolute atomic E-state index is 0.442. The molecular weight excluding hydrogens is 228 g/mol. The van der Waals surface area contributed by atoms with Gasteiger partial charge in [-0.15, -0.1) is 11.6 Å². The summed E-state index contributed by atoms with van der Waals surface area (Å²) in [6.45, 7) is 1.98. The molecule has 0 N–H and O–H groups in total. The predicted octanol–water partition coefficient (Wildman–Crippen LogP) is 3.87. The van der Waals surface area contributed by atoms with E-state index in [4.69, 9.17) is 34.8 Å². The highest BCUT2D eigenvalue weighted by atomic mass is 35.5. The summed E-state index contributed by atoms with van der Waals surface area (Å²) in [6, 6.07) is 1.82. The predicted molar refractivity (Wildman–Crippen MR) is 58.0 cm³/mol. The quantitative estimate of drug-likeness (QED) is 0.575. The number of hydrogen-bond donors (Lipinski definition) is 0. The molecule has 1 aromatic heterocycles. The lowest BCUT2D eigenvalue weighted by atomic mass is 10.1. The molecule has 0 unspecified atom stereocenters. The van der Waals surface area contributed by atoms with Crippen LogP contribution in [-0.2, 0) is 6.42 Å². The average Bonchev–Trinajstić information content (AvgIpc) is 2.02. The van der Waals surface area contributed by atoms with Crippen molar-refractivity contribution >= 4 is 34.8 Å². The lowest BCUT2D eigenvalue weighted by molar-refractivity contribution is 0.910. The molecule has 1 heterocycles. The fraction of sp³-hybridized carbons (Fsp3) is 0.444. The maximum Gasteiger partial charge on any atom is 0.134 e. The second-order valence-corrected chi connectivity index (χ2v) is 3.95. The number of aryl methyl sites for hydroxylation is 1. The molecule has 0 atom stereocenters. The SMILES string of the molecule is Cc1cc(Cl)nc(Cl)c1CCCCl. The van der Waals surface area contributed by atoms with Crippen molar-refractivity contribution in [2.45, 2.75) is 19.8 Å². The molecule has 1 aromatic rings. The van der Waals surface area contributed by atoms with Crippen molar-refractivity contribution in [3.63, 3.8) is 0 Å². The van der Waals surface area contributed by atoms with Crippen LogP contribution >= 0.6 is 34.8 Å². The zero-order chi connectivity index (χ0) is 9.84. The van der Waals surface area contributed by atoms with Crippen molar-refractivity contribution in [2.24, 2.45) is 0 Å². The van der Waals surface area contributed by atoms with Crippen LogP contribution in [0, 0.1) is 6.92 Å². The highest BCUT2D eigenvalue weighted by Crippen LogP contribution is 2.22. The van der Waals surface area contributed by atoms with E-state index in [1.165, 1.54) is 0 Å². The number of pyridine rings is 1. The molecule has 0 aliphatic heterocycles. The van der Waals surface area contributed by atoms with Crippen LogP contribution in [0.2, 0.25) is 10.3 Å². The van der Waals surface area contributed by atoms with Crippen LogP contribution in [-0.4, -0.2) is 10.9 Å². The minimum Gasteiger partial charge on any atom is -0.224 e. The van der Waals surface area contributed by atoms with Gasteiger partial charge in [-0.25, -0.2) is 4.98 Å². The molecule has 72 valence electrons. The zero-order valence-corrected chi connectivity index (χ0v) is 9.55. The van der Waals surface area contributed by atoms with Crippen LogP contribution in [0.25, 0.3) is 0 Å². The third-order valence-electron chi connectivity index (χ3n) is 1.83. The Morgan fingerprint density at radius 1 is 1.38 bits per heavy atom. The fourth-order valence-corrected chi connectivity index (χ4v) is 1.93. The van der Waals surface area contributed by atoms with Gasteiger partial charge in [-0.3, -0.25) is 0 Å². The third kappa shape index (κ3) is 3.01. The maximum atomic E-state index is 5.93. The van der Waals surface area contributed by atoms with Crippen LogP contribution in [0.3, 0.4) is 0 Å². The Hall–Kier alpha value is 0.0200. The maximum absolute atomic E-state index is 5.93. The smallest absolute Gasteiger partial charge is 0.134 e. The molecule has 0 saturated heterocycles. The van der Waals surface area contributed by atoms with Crippen molar-refractivity contribution in [3.8, 4) is 0 Å². The van der Waals surface area contributed by atoms with Crippen molar-refractivity contribution in [1.82, 2.24) is 4.98 Å². The number of hydrogen-bond acceptors (Lipinski definition) is 1. The Balaban J connectivity index is 2.92. The molecule has 1 nitrogen and oxygen atoms in total. The van der Waals surface area contributed by atoms with Gasteiger partial charge in [-0.05, 0) is 37.0 Å². The summed E-state index contributed by atoms with van der Waals surface area (Å²) in [4.78, 5) is 3.98. The summed E-state index contributed by atoms with van der Waals surface area (Å²) < 4.78 is 0. The summed E-state index contributed by atoms with van der Waals surface area (Å²) in [6.07, 6.45) is 1.77. The van der Waals surface area contributed by atoms with Crippen LogP contribution < -0.4 is 0 Å². The Kier molecular flexibility index (Phi) is 4.30. The molecule has 0 amide bonds. The van der Waals surface area contributed by atoms with E-state index in [-0.39, 0.29) is 0 Å². The van der Waals surface area contributed by atoms with E-state index >= 15 is 0 Å². The molecule has 0 aliphatic rings. The summed E-state index contributed by atoms with van der Waals surface area (Å²) in [7, 11) is 0. The van der Waals surface area contributed by atoms with Gasteiger partial charge in [0.2, 0.25) is 0 Å². The van der Waals surface area contributed by atoms with E-state index in [1.54, 1.807) is 0 Å². The van der Waals surface area contributed by atoms with Gasteiger partial charge in [-0.1, -0.05) is 23.2 Å². The standard InChI is InChI=1S/C9H10Cl3N/c1-6-5-8(11)13-9(12)7(6)3-2-4-10/h5H,2-4H2,1H3. The monoisotopic (exact) mass is 237 g/mol. The van der Waals surface area contributed by atoms with Gasteiger partial charge in [-0.2, -0.15) is 0 Å². The van der Waals surface area contributed by atoms with Gasteiger partial charge >= 0.3 is 0 Å². The van der Waals surface area contributed by atoms with Gasteiger partial charge in [0.25, 0.3) is 0 Å². The summed E-state index contributed by atoms with van der Waals surface area (Å²) >= 11 is 17.3. The molecule has 1 rings (SSSR count). The number of aromatic nitrogens is 1. The normalized spacial score (nSPS) is 10.5. The molecule has 0 aromatic carbocycles. The summed E-state index contributed by atoms with van der Waals surface area (Å²) in [5, 5.41) is 0.937. The van der Waals surface area contributed by atoms with Crippen LogP contribution in [0.15, 0.2) is 6.07 Å². The molecule has 0 aliphatic carbocycles. The van der Waals surface area contributed by atoms with Gasteiger partial charge in [0, 0.05) is 5.88 Å². The van der Waals surface area contributed by atoms with E-state index in [0.717, 1.165) is 24.0 Å². The number of halogens is 3. The molecule has 0 radical (unpaired) electrons. The van der Waals surface area contributed by atoms with E-state index in [2.05, 4.69) is 4.98 Å². The highest BCUT2D eigenvalue weighted by Gasteiger charge is 2.06. The Labute approximate surface area is 93.0 Å². The molecule has 0 saturated carbocycles. The minimum atomic E-state index is 0.442. The summed E-state index contributed by atoms with van der Waals surface area (Å²) in [5.74, 6) is 0.637. The van der Waals surface area contributed by atoms with Gasteiger partial charge in [0.1, 0.15) is 10.3 Å². The summed E-state index contributed by atoms with van der Waals surface area (Å²) in [5.41, 5.74) is 2.13. The van der Waals surface area contributed by atoms with E-state index in [9.17, 15) is 0 Å². The van der Waals surface area contributed by atoms with Gasteiger partial charge < -0.3 is 0 Å². The fourth-order valence-electron chi connectivity index (χ4n) is 1.17. The highest BCUT2D eigenvalue weighted by molar-refractivity contribution is 6.33. The second-order valence-electron chi connectivity index (χ2n) is 2.82. The molecule has 0 fully saturated rings. The molecule has 0 bridgehead atoms. The number of alkyl halides is 1. The largest absolute Gasteiger partial charge is 0.224 e. The van der Waals surface area contributed by atoms with E-state index in [0.29, 0.717) is 16.2 Å². The Morgan fingerprint density at radius 2 is 2.08 bits per heavy atom. The van der Waals surface area contributed by atoms with Crippen LogP contribution in [0.1, 0.15) is 17.5 Å². The number of rotatable bonds is 3. The Bertz CT molecular complexity index is 276. The topological polar surface area (TPSA) is 12.9 Å². The number of nitrogens with zero attached hydrogens (tertiary/aromatic N) is 1. The van der Waals surface area contributed by atoms with Crippen molar-refractivity contribution in [2.75, 3.05) is 5.88 Å². The first-order valence-electron chi connectivity index (χ1n) is 4.02. The lowest BCUT2D eigenvalue weighted by Crippen LogP contribution is -1.95. The molecule has 0 spiro atoms. The van der Waals surface area contributed by atoms with Crippen molar-refractivity contribution < 1.29 is 0 Å². The molecule has 4 heteroatoms. The van der Waals surface area contributed by atoms with Crippen molar-refractivity contribution in [1.29, 1.82) is 0 Å². The Morgan fingerprint density at radius 3 is 2.62 bits per heavy atom. The lowest BCUT2D eigenvalue weighted by Gasteiger charge is -2.06. The van der Waals surface area contributed by atoms with Gasteiger partial charge in [0.15, 0.2) is 0 Å².